The third kappa shape index (κ3) is 5.72. The topological polar surface area (TPSA) is 81.7 Å². The third-order valence-corrected chi connectivity index (χ3v) is 3.73. The van der Waals surface area contributed by atoms with Crippen LogP contribution in [0.3, 0.4) is 0 Å². The lowest BCUT2D eigenvalue weighted by Gasteiger charge is -2.07. The number of nitrogens with one attached hydrogen (secondary N) is 1. The number of ether oxygens (including phenoxy) is 2. The summed E-state index contributed by atoms with van der Waals surface area (Å²) in [5.41, 5.74) is 0.792. The van der Waals surface area contributed by atoms with Gasteiger partial charge >= 0.3 is 5.97 Å². The standard InChI is InChI=1S/C18H16BrNO5/c1-24-15-7-3-4-12(9-15)16(21)11-25-17(22)10-20-18(23)13-5-2-6-14(19)8-13/h2-9H,10-11H2,1H3,(H,20,23). The Kier molecular flexibility index (Phi) is 6.71. The molecule has 0 aliphatic heterocycles. The van der Waals surface area contributed by atoms with Crippen molar-refractivity contribution < 1.29 is 23.9 Å². The smallest absolute Gasteiger partial charge is 0.325 e. The number of methoxy groups -OCH3 is 1. The third-order valence-electron chi connectivity index (χ3n) is 3.24. The summed E-state index contributed by atoms with van der Waals surface area (Å²) in [5, 5.41) is 2.44. The summed E-state index contributed by atoms with van der Waals surface area (Å²) in [4.78, 5) is 35.6. The average molecular weight is 406 g/mol. The Labute approximate surface area is 153 Å². The molecule has 0 aliphatic rings. The summed E-state index contributed by atoms with van der Waals surface area (Å²) in [7, 11) is 1.50. The van der Waals surface area contributed by atoms with Gasteiger partial charge in [-0.1, -0.05) is 34.1 Å². The Morgan fingerprint density at radius 2 is 1.76 bits per heavy atom. The van der Waals surface area contributed by atoms with Crippen molar-refractivity contribution in [1.82, 2.24) is 5.32 Å². The Bertz CT molecular complexity index is 791. The molecule has 2 aromatic rings. The molecule has 0 unspecified atom stereocenters. The summed E-state index contributed by atoms with van der Waals surface area (Å²) in [5.74, 6) is -0.916. The molecule has 0 fully saturated rings. The molecular formula is C18H16BrNO5. The van der Waals surface area contributed by atoms with Crippen molar-refractivity contribution in [2.45, 2.75) is 0 Å². The zero-order chi connectivity index (χ0) is 18.2. The number of rotatable bonds is 7. The van der Waals surface area contributed by atoms with E-state index in [0.29, 0.717) is 16.9 Å². The number of carbonyl (C=O) groups excluding carboxylic acids is 3. The van der Waals surface area contributed by atoms with E-state index in [0.717, 1.165) is 4.47 Å². The summed E-state index contributed by atoms with van der Waals surface area (Å²) in [6, 6.07) is 13.3. The molecule has 7 heteroatoms. The van der Waals surface area contributed by atoms with Crippen molar-refractivity contribution >= 4 is 33.6 Å². The molecule has 2 aromatic carbocycles. The molecular weight excluding hydrogens is 390 g/mol. The van der Waals surface area contributed by atoms with Crippen LogP contribution in [0.2, 0.25) is 0 Å². The zero-order valence-electron chi connectivity index (χ0n) is 13.5. The molecule has 130 valence electrons. The first-order chi connectivity index (χ1) is 12.0. The first-order valence-electron chi connectivity index (χ1n) is 7.36. The van der Waals surface area contributed by atoms with Crippen molar-refractivity contribution in [3.05, 3.63) is 64.1 Å². The summed E-state index contributed by atoms with van der Waals surface area (Å²) < 4.78 is 10.7. The number of hydrogen-bond acceptors (Lipinski definition) is 5. The first-order valence-corrected chi connectivity index (χ1v) is 8.15. The second-order valence-corrected chi connectivity index (χ2v) is 5.92. The van der Waals surface area contributed by atoms with Gasteiger partial charge in [0.15, 0.2) is 12.4 Å². The molecule has 0 saturated carbocycles. The predicted octanol–water partition coefficient (Wildman–Crippen LogP) is 2.61. The van der Waals surface area contributed by atoms with Crippen molar-refractivity contribution in [2.24, 2.45) is 0 Å². The maximum absolute atomic E-state index is 12.0. The molecule has 6 nitrogen and oxygen atoms in total. The monoisotopic (exact) mass is 405 g/mol. The Balaban J connectivity index is 1.80. The van der Waals surface area contributed by atoms with Crippen LogP contribution in [0.4, 0.5) is 0 Å². The number of hydrogen-bond donors (Lipinski definition) is 1. The van der Waals surface area contributed by atoms with Crippen LogP contribution in [0.25, 0.3) is 0 Å². The molecule has 0 aliphatic carbocycles. The first kappa shape index (κ1) is 18.7. The number of benzene rings is 2. The molecule has 1 N–H and O–H groups in total. The quantitative estimate of drug-likeness (QED) is 0.565. The van der Waals surface area contributed by atoms with E-state index >= 15 is 0 Å². The predicted molar refractivity (Wildman–Crippen MR) is 94.8 cm³/mol. The minimum atomic E-state index is -0.695. The van der Waals surface area contributed by atoms with Gasteiger partial charge in [0.2, 0.25) is 0 Å². The molecule has 1 amide bonds. The van der Waals surface area contributed by atoms with Gasteiger partial charge in [0.05, 0.1) is 7.11 Å². The van der Waals surface area contributed by atoms with E-state index in [9.17, 15) is 14.4 Å². The second kappa shape index (κ2) is 8.98. The SMILES string of the molecule is COc1cccc(C(=O)COC(=O)CNC(=O)c2cccc(Br)c2)c1. The van der Waals surface area contributed by atoms with E-state index in [-0.39, 0.29) is 12.3 Å². The molecule has 0 heterocycles. The number of Topliss-reactive ketones (excluding diaryl/α,β-unsaturated/α-hetero) is 1. The Morgan fingerprint density at radius 1 is 1.04 bits per heavy atom. The van der Waals surface area contributed by atoms with Gasteiger partial charge in [0, 0.05) is 15.6 Å². The van der Waals surface area contributed by atoms with Crippen molar-refractivity contribution in [1.29, 1.82) is 0 Å². The fourth-order valence-electron chi connectivity index (χ4n) is 1.96. The van der Waals surface area contributed by atoms with Crippen molar-refractivity contribution in [3.63, 3.8) is 0 Å². The van der Waals surface area contributed by atoms with Gasteiger partial charge in [-0.3, -0.25) is 14.4 Å². The molecule has 0 atom stereocenters. The number of ketones is 1. The van der Waals surface area contributed by atoms with E-state index in [2.05, 4.69) is 21.2 Å². The van der Waals surface area contributed by atoms with Gasteiger partial charge in [-0.2, -0.15) is 0 Å². The molecule has 0 spiro atoms. The van der Waals surface area contributed by atoms with E-state index in [4.69, 9.17) is 9.47 Å². The van der Waals surface area contributed by atoms with Crippen molar-refractivity contribution in [3.8, 4) is 5.75 Å². The summed E-state index contributed by atoms with van der Waals surface area (Å²) >= 11 is 3.27. The highest BCUT2D eigenvalue weighted by Gasteiger charge is 2.12. The highest BCUT2D eigenvalue weighted by molar-refractivity contribution is 9.10. The average Bonchev–Trinajstić information content (AvgIpc) is 2.64. The number of esters is 1. The lowest BCUT2D eigenvalue weighted by Crippen LogP contribution is -2.31. The number of halogens is 1. The molecule has 0 bridgehead atoms. The van der Waals surface area contributed by atoms with E-state index in [1.54, 1.807) is 48.5 Å². The van der Waals surface area contributed by atoms with Crippen LogP contribution in [0.5, 0.6) is 5.75 Å². The minimum Gasteiger partial charge on any atom is -0.497 e. The molecule has 0 radical (unpaired) electrons. The maximum atomic E-state index is 12.0. The van der Waals surface area contributed by atoms with Gasteiger partial charge in [0.1, 0.15) is 12.3 Å². The number of amides is 1. The lowest BCUT2D eigenvalue weighted by molar-refractivity contribution is -0.141. The largest absolute Gasteiger partial charge is 0.497 e. The van der Waals surface area contributed by atoms with Gasteiger partial charge < -0.3 is 14.8 Å². The van der Waals surface area contributed by atoms with E-state index in [1.165, 1.54) is 7.11 Å². The fourth-order valence-corrected chi connectivity index (χ4v) is 2.36. The molecule has 2 rings (SSSR count). The van der Waals surface area contributed by atoms with Gasteiger partial charge in [0.25, 0.3) is 5.91 Å². The Hall–Kier alpha value is -2.67. The fraction of sp³-hybridized carbons (Fsp3) is 0.167. The van der Waals surface area contributed by atoms with Crippen LogP contribution >= 0.6 is 15.9 Å². The second-order valence-electron chi connectivity index (χ2n) is 5.01. The van der Waals surface area contributed by atoms with Gasteiger partial charge in [-0.15, -0.1) is 0 Å². The maximum Gasteiger partial charge on any atom is 0.325 e. The molecule has 25 heavy (non-hydrogen) atoms. The zero-order valence-corrected chi connectivity index (χ0v) is 15.0. The van der Waals surface area contributed by atoms with Crippen LogP contribution < -0.4 is 10.1 Å². The highest BCUT2D eigenvalue weighted by Crippen LogP contribution is 2.13. The van der Waals surface area contributed by atoms with Crippen molar-refractivity contribution in [2.75, 3.05) is 20.3 Å². The van der Waals surface area contributed by atoms with E-state index < -0.39 is 18.5 Å². The summed E-state index contributed by atoms with van der Waals surface area (Å²) in [6.07, 6.45) is 0. The molecule has 0 saturated heterocycles. The van der Waals surface area contributed by atoms with Crippen LogP contribution in [0.15, 0.2) is 53.0 Å². The minimum absolute atomic E-state index is 0.323. The summed E-state index contributed by atoms with van der Waals surface area (Å²) in [6.45, 7) is -0.727. The highest BCUT2D eigenvalue weighted by atomic mass is 79.9. The van der Waals surface area contributed by atoms with Crippen LogP contribution in [0.1, 0.15) is 20.7 Å². The van der Waals surface area contributed by atoms with Crippen LogP contribution in [-0.4, -0.2) is 37.9 Å². The van der Waals surface area contributed by atoms with E-state index in [1.807, 2.05) is 0 Å². The number of carbonyl (C=O) groups is 3. The van der Waals surface area contributed by atoms with Gasteiger partial charge in [-0.25, -0.2) is 0 Å². The normalized spacial score (nSPS) is 10.0. The van der Waals surface area contributed by atoms with Crippen LogP contribution in [-0.2, 0) is 9.53 Å². The molecule has 0 aromatic heterocycles. The van der Waals surface area contributed by atoms with Crippen LogP contribution in [0, 0.1) is 0 Å². The Morgan fingerprint density at radius 3 is 2.48 bits per heavy atom. The lowest BCUT2D eigenvalue weighted by atomic mass is 10.1. The van der Waals surface area contributed by atoms with Gasteiger partial charge in [-0.05, 0) is 30.3 Å².